The van der Waals surface area contributed by atoms with Crippen molar-refractivity contribution in [2.24, 2.45) is 0 Å². The van der Waals surface area contributed by atoms with Crippen LogP contribution >= 0.6 is 0 Å². The van der Waals surface area contributed by atoms with Gasteiger partial charge in [0.25, 0.3) is 0 Å². The lowest BCUT2D eigenvalue weighted by Gasteiger charge is -2.10. The molecule has 0 aromatic carbocycles. The molecule has 12 nitrogen and oxygen atoms in total. The Balaban J connectivity index is -0.000000107. The van der Waals surface area contributed by atoms with Gasteiger partial charge in [-0.1, -0.05) is 13.8 Å². The van der Waals surface area contributed by atoms with Gasteiger partial charge >= 0.3 is 0 Å². The number of rotatable bonds is 12. The molecule has 0 heterocycles. The molecular weight excluding hydrogens is 456 g/mol. The molecule has 0 unspecified atom stereocenters. The molecule has 0 atom stereocenters. The quantitative estimate of drug-likeness (QED) is 0.266. The number of carbonyl (C=O) groups excluding carboxylic acids is 8. The summed E-state index contributed by atoms with van der Waals surface area (Å²) in [5.74, 6) is 0. The number of hydrogen-bond acceptors (Lipinski definition) is 12. The Hall–Kier alpha value is -2.80. The summed E-state index contributed by atoms with van der Waals surface area (Å²) in [4.78, 5) is 79.5. The zero-order valence-electron chi connectivity index (χ0n) is 21.5. The van der Waals surface area contributed by atoms with Gasteiger partial charge in [0, 0.05) is 28.4 Å². The second kappa shape index (κ2) is 23.4. The summed E-state index contributed by atoms with van der Waals surface area (Å²) < 4.78 is 18.0. The fourth-order valence-electron chi connectivity index (χ4n) is 0.496. The van der Waals surface area contributed by atoms with E-state index in [0.29, 0.717) is 50.3 Å². The molecule has 0 aliphatic heterocycles. The Morgan fingerprint density at radius 3 is 0.441 bits per heavy atom. The fourth-order valence-corrected chi connectivity index (χ4v) is 0.496. The highest BCUT2D eigenvalue weighted by Crippen LogP contribution is 1.99. The van der Waals surface area contributed by atoms with Crippen LogP contribution in [0.4, 0.5) is 0 Å². The fraction of sp³-hybridized carbons (Fsp3) is 0.636. The number of ether oxygens (including phenoxy) is 4. The minimum absolute atomic E-state index is 0.458. The van der Waals surface area contributed by atoms with Crippen LogP contribution in [-0.2, 0) is 57.3 Å². The van der Waals surface area contributed by atoms with E-state index in [2.05, 4.69) is 18.9 Å². The van der Waals surface area contributed by atoms with Gasteiger partial charge in [0.1, 0.15) is 0 Å². The van der Waals surface area contributed by atoms with Gasteiger partial charge in [0.2, 0.25) is 0 Å². The SMILES string of the molecule is CC.COC(C)(C=O)C=O.COC(C)(C=O)C=O.COC(C)(C=O)C=O.COC(C)(C=O)C=O. The maximum Gasteiger partial charge on any atom is 0.175 e. The zero-order valence-corrected chi connectivity index (χ0v) is 21.5. The Morgan fingerprint density at radius 2 is 0.441 bits per heavy atom. The van der Waals surface area contributed by atoms with Crippen molar-refractivity contribution in [3.63, 3.8) is 0 Å². The first-order chi connectivity index (χ1) is 15.7. The molecule has 0 aliphatic rings. The van der Waals surface area contributed by atoms with Crippen molar-refractivity contribution in [2.75, 3.05) is 28.4 Å². The third-order valence-electron chi connectivity index (χ3n) is 3.63. The van der Waals surface area contributed by atoms with E-state index >= 15 is 0 Å². The first-order valence-electron chi connectivity index (χ1n) is 9.64. The first-order valence-corrected chi connectivity index (χ1v) is 9.64. The Bertz CT molecular complexity index is 465. The molecule has 34 heavy (non-hydrogen) atoms. The number of carbonyl (C=O) groups is 8. The molecule has 0 fully saturated rings. The average Bonchev–Trinajstić information content (AvgIpc) is 2.93. The van der Waals surface area contributed by atoms with Crippen LogP contribution < -0.4 is 0 Å². The molecule has 0 aromatic heterocycles. The van der Waals surface area contributed by atoms with E-state index in [1.165, 1.54) is 56.1 Å². The maximum atomic E-state index is 9.93. The predicted octanol–water partition coefficient (Wildman–Crippen LogP) is 0.183. The number of hydrogen-bond donors (Lipinski definition) is 0. The lowest BCUT2D eigenvalue weighted by molar-refractivity contribution is -0.137. The van der Waals surface area contributed by atoms with Crippen LogP contribution in [0.25, 0.3) is 0 Å². The largest absolute Gasteiger partial charge is 0.363 e. The summed E-state index contributed by atoms with van der Waals surface area (Å²) in [5, 5.41) is 0. The van der Waals surface area contributed by atoms with Crippen molar-refractivity contribution >= 4 is 50.3 Å². The Morgan fingerprint density at radius 1 is 0.353 bits per heavy atom. The van der Waals surface area contributed by atoms with Crippen LogP contribution in [0.5, 0.6) is 0 Å². The van der Waals surface area contributed by atoms with E-state index in [4.69, 9.17) is 0 Å². The van der Waals surface area contributed by atoms with Crippen molar-refractivity contribution < 1.29 is 57.3 Å². The molecule has 0 spiro atoms. The summed E-state index contributed by atoms with van der Waals surface area (Å²) in [5.41, 5.74) is -4.94. The van der Waals surface area contributed by atoms with Gasteiger partial charge in [0.15, 0.2) is 72.7 Å². The topological polar surface area (TPSA) is 173 Å². The lowest BCUT2D eigenvalue weighted by Crippen LogP contribution is -2.30. The van der Waals surface area contributed by atoms with E-state index in [-0.39, 0.29) is 0 Å². The van der Waals surface area contributed by atoms with Crippen LogP contribution in [-0.4, -0.2) is 101 Å². The van der Waals surface area contributed by atoms with Gasteiger partial charge in [-0.05, 0) is 27.7 Å². The molecule has 0 N–H and O–H groups in total. The van der Waals surface area contributed by atoms with Crippen molar-refractivity contribution in [3.05, 3.63) is 0 Å². The van der Waals surface area contributed by atoms with E-state index in [0.717, 1.165) is 0 Å². The smallest absolute Gasteiger partial charge is 0.175 e. The van der Waals surface area contributed by atoms with Crippen molar-refractivity contribution in [3.8, 4) is 0 Å². The molecule has 198 valence electrons. The van der Waals surface area contributed by atoms with E-state index in [9.17, 15) is 38.4 Å². The second-order valence-electron chi connectivity index (χ2n) is 6.49. The summed E-state index contributed by atoms with van der Waals surface area (Å²) in [6.07, 6.45) is 3.67. The van der Waals surface area contributed by atoms with E-state index in [1.807, 2.05) is 13.8 Å². The van der Waals surface area contributed by atoms with Crippen molar-refractivity contribution in [2.45, 2.75) is 63.9 Å². The molecular formula is C22H38O12. The maximum absolute atomic E-state index is 9.93. The molecule has 0 aromatic rings. The molecule has 0 amide bonds. The number of aldehydes is 8. The molecule has 0 saturated carbocycles. The summed E-state index contributed by atoms with van der Waals surface area (Å²) in [6.45, 7) is 9.58. The second-order valence-corrected chi connectivity index (χ2v) is 6.49. The standard InChI is InChI=1S/4C5H8O3.C2H6/c4*1-5(3-6,4-7)8-2;1-2/h4*3-4H,1-2H3;1-2H3. The van der Waals surface area contributed by atoms with Crippen LogP contribution in [0.2, 0.25) is 0 Å². The first kappa shape index (κ1) is 41.5. The molecule has 0 rings (SSSR count). The normalized spacial score (nSPS) is 10.3. The molecule has 0 bridgehead atoms. The lowest BCUT2D eigenvalue weighted by atomic mass is 10.2. The van der Waals surface area contributed by atoms with Gasteiger partial charge in [-0.15, -0.1) is 0 Å². The van der Waals surface area contributed by atoms with Crippen molar-refractivity contribution in [1.82, 2.24) is 0 Å². The summed E-state index contributed by atoms with van der Waals surface area (Å²) in [7, 11) is 5.23. The Labute approximate surface area is 200 Å². The van der Waals surface area contributed by atoms with Crippen LogP contribution in [0.3, 0.4) is 0 Å². The highest BCUT2D eigenvalue weighted by atomic mass is 16.5. The monoisotopic (exact) mass is 494 g/mol. The third-order valence-corrected chi connectivity index (χ3v) is 3.63. The zero-order chi connectivity index (χ0) is 28.5. The average molecular weight is 495 g/mol. The van der Waals surface area contributed by atoms with Crippen LogP contribution in [0.1, 0.15) is 41.5 Å². The molecule has 12 heteroatoms. The van der Waals surface area contributed by atoms with Crippen LogP contribution in [0, 0.1) is 0 Å². The minimum atomic E-state index is -1.24. The highest BCUT2D eigenvalue weighted by Gasteiger charge is 2.21. The molecule has 0 saturated heterocycles. The number of methoxy groups -OCH3 is 4. The van der Waals surface area contributed by atoms with E-state index in [1.54, 1.807) is 0 Å². The van der Waals surface area contributed by atoms with Gasteiger partial charge in [-0.3, -0.25) is 38.4 Å². The van der Waals surface area contributed by atoms with Gasteiger partial charge < -0.3 is 18.9 Å². The van der Waals surface area contributed by atoms with Gasteiger partial charge in [-0.2, -0.15) is 0 Å². The van der Waals surface area contributed by atoms with E-state index < -0.39 is 22.4 Å². The third kappa shape index (κ3) is 21.1. The molecule has 0 aliphatic carbocycles. The summed E-state index contributed by atoms with van der Waals surface area (Å²) >= 11 is 0. The molecule has 0 radical (unpaired) electrons. The highest BCUT2D eigenvalue weighted by molar-refractivity contribution is 5.88. The van der Waals surface area contributed by atoms with Crippen LogP contribution in [0.15, 0.2) is 0 Å². The van der Waals surface area contributed by atoms with Gasteiger partial charge in [0.05, 0.1) is 0 Å². The summed E-state index contributed by atoms with van der Waals surface area (Å²) in [6, 6.07) is 0. The van der Waals surface area contributed by atoms with Crippen molar-refractivity contribution in [1.29, 1.82) is 0 Å². The predicted molar refractivity (Wildman–Crippen MR) is 122 cm³/mol. The minimum Gasteiger partial charge on any atom is -0.363 e. The van der Waals surface area contributed by atoms with Gasteiger partial charge in [-0.25, -0.2) is 0 Å². The Kier molecular flexibility index (Phi) is 28.5.